The molecule has 21 heavy (non-hydrogen) atoms. The number of nitrogens with zero attached hydrogens (tertiary/aromatic N) is 1. The van der Waals surface area contributed by atoms with Gasteiger partial charge < -0.3 is 15.3 Å². The van der Waals surface area contributed by atoms with E-state index in [0.29, 0.717) is 25.3 Å². The van der Waals surface area contributed by atoms with Gasteiger partial charge in [-0.1, -0.05) is 13.3 Å². The van der Waals surface area contributed by atoms with Crippen LogP contribution < -0.4 is 5.32 Å². The minimum atomic E-state index is -1.02. The highest BCUT2D eigenvalue weighted by atomic mass is 32.2. The molecule has 1 heterocycles. The molecular formula is C14H24N2O4S. The molecule has 1 aliphatic rings. The van der Waals surface area contributed by atoms with Crippen LogP contribution in [0.25, 0.3) is 0 Å². The van der Waals surface area contributed by atoms with Gasteiger partial charge >= 0.3 is 5.97 Å². The van der Waals surface area contributed by atoms with Crippen LogP contribution in [0.2, 0.25) is 0 Å². The first-order valence-corrected chi connectivity index (χ1v) is 8.68. The number of amides is 2. The number of carboxylic acids is 1. The Hall–Kier alpha value is -1.24. The van der Waals surface area contributed by atoms with Crippen molar-refractivity contribution in [3.8, 4) is 0 Å². The largest absolute Gasteiger partial charge is 0.480 e. The first-order chi connectivity index (χ1) is 9.99. The molecule has 7 heteroatoms. The topological polar surface area (TPSA) is 86.7 Å². The highest BCUT2D eigenvalue weighted by Gasteiger charge is 2.35. The molecule has 0 spiro atoms. The van der Waals surface area contributed by atoms with E-state index in [1.807, 2.05) is 13.2 Å². The Balaban J connectivity index is 2.51. The van der Waals surface area contributed by atoms with Gasteiger partial charge in [0, 0.05) is 19.5 Å². The van der Waals surface area contributed by atoms with E-state index in [-0.39, 0.29) is 18.2 Å². The van der Waals surface area contributed by atoms with Crippen molar-refractivity contribution in [2.24, 2.45) is 5.92 Å². The quantitative estimate of drug-likeness (QED) is 0.661. The molecule has 1 fully saturated rings. The fraction of sp³-hybridized carbons (Fsp3) is 0.786. The van der Waals surface area contributed by atoms with E-state index >= 15 is 0 Å². The molecule has 2 unspecified atom stereocenters. The second kappa shape index (κ2) is 8.92. The zero-order valence-electron chi connectivity index (χ0n) is 12.6. The van der Waals surface area contributed by atoms with Gasteiger partial charge in [0.25, 0.3) is 0 Å². The second-order valence-electron chi connectivity index (χ2n) is 5.28. The molecule has 2 N–H and O–H groups in total. The molecule has 0 aliphatic carbocycles. The molecule has 6 nitrogen and oxygen atoms in total. The van der Waals surface area contributed by atoms with Crippen molar-refractivity contribution < 1.29 is 19.5 Å². The van der Waals surface area contributed by atoms with Gasteiger partial charge in [-0.25, -0.2) is 4.79 Å². The summed E-state index contributed by atoms with van der Waals surface area (Å²) < 4.78 is 0. The summed E-state index contributed by atoms with van der Waals surface area (Å²) in [7, 11) is 0. The fourth-order valence-electron chi connectivity index (χ4n) is 2.30. The van der Waals surface area contributed by atoms with Gasteiger partial charge in [-0.05, 0) is 24.9 Å². The van der Waals surface area contributed by atoms with Gasteiger partial charge in [0.15, 0.2) is 0 Å². The maximum absolute atomic E-state index is 12.1. The maximum Gasteiger partial charge on any atom is 0.326 e. The van der Waals surface area contributed by atoms with Crippen LogP contribution in [0.1, 0.15) is 32.6 Å². The minimum Gasteiger partial charge on any atom is -0.480 e. The third-order valence-corrected chi connectivity index (χ3v) is 4.24. The SMILES string of the molecule is CCCCN1CC(C(=O)NC(CCSC)C(=O)O)CC1=O. The summed E-state index contributed by atoms with van der Waals surface area (Å²) in [6, 6.07) is -0.871. The Morgan fingerprint density at radius 2 is 2.24 bits per heavy atom. The number of hydrogen-bond donors (Lipinski definition) is 2. The number of carboxylic acid groups (broad SMARTS) is 1. The lowest BCUT2D eigenvalue weighted by Crippen LogP contribution is -2.44. The monoisotopic (exact) mass is 316 g/mol. The number of rotatable bonds is 9. The van der Waals surface area contributed by atoms with Gasteiger partial charge in [-0.2, -0.15) is 11.8 Å². The summed E-state index contributed by atoms with van der Waals surface area (Å²) in [6.07, 6.45) is 4.39. The lowest BCUT2D eigenvalue weighted by atomic mass is 10.1. The molecule has 0 aromatic carbocycles. The van der Waals surface area contributed by atoms with Crippen LogP contribution >= 0.6 is 11.8 Å². The average Bonchev–Trinajstić information content (AvgIpc) is 2.82. The van der Waals surface area contributed by atoms with Gasteiger partial charge in [0.1, 0.15) is 6.04 Å². The second-order valence-corrected chi connectivity index (χ2v) is 6.26. The molecule has 2 amide bonds. The average molecular weight is 316 g/mol. The number of hydrogen-bond acceptors (Lipinski definition) is 4. The Labute approximate surface area is 129 Å². The van der Waals surface area contributed by atoms with E-state index in [1.54, 1.807) is 4.90 Å². The highest BCUT2D eigenvalue weighted by molar-refractivity contribution is 7.98. The number of carbonyl (C=O) groups excluding carboxylic acids is 2. The van der Waals surface area contributed by atoms with Crippen LogP contribution in [0.15, 0.2) is 0 Å². The van der Waals surface area contributed by atoms with Crippen molar-refractivity contribution >= 4 is 29.5 Å². The standard InChI is InChI=1S/C14H24N2O4S/c1-3-4-6-16-9-10(8-12(16)17)13(18)15-11(14(19)20)5-7-21-2/h10-11H,3-9H2,1-2H3,(H,15,18)(H,19,20). The minimum absolute atomic E-state index is 0.0143. The van der Waals surface area contributed by atoms with Crippen molar-refractivity contribution in [1.82, 2.24) is 10.2 Å². The van der Waals surface area contributed by atoms with E-state index in [1.165, 1.54) is 11.8 Å². The zero-order chi connectivity index (χ0) is 15.8. The molecule has 0 aromatic rings. The molecule has 0 radical (unpaired) electrons. The van der Waals surface area contributed by atoms with Crippen molar-refractivity contribution in [3.05, 3.63) is 0 Å². The Morgan fingerprint density at radius 1 is 1.52 bits per heavy atom. The Kier molecular flexibility index (Phi) is 7.56. The number of unbranched alkanes of at least 4 members (excludes halogenated alkanes) is 1. The summed E-state index contributed by atoms with van der Waals surface area (Å²) in [5.41, 5.74) is 0. The third-order valence-electron chi connectivity index (χ3n) is 3.59. The van der Waals surface area contributed by atoms with Crippen LogP contribution in [0, 0.1) is 5.92 Å². The highest BCUT2D eigenvalue weighted by Crippen LogP contribution is 2.19. The molecular weight excluding hydrogens is 292 g/mol. The Morgan fingerprint density at radius 3 is 2.81 bits per heavy atom. The van der Waals surface area contributed by atoms with Crippen molar-refractivity contribution in [2.45, 2.75) is 38.6 Å². The maximum atomic E-state index is 12.1. The van der Waals surface area contributed by atoms with Crippen LogP contribution in [0.5, 0.6) is 0 Å². The first kappa shape index (κ1) is 17.8. The van der Waals surface area contributed by atoms with Gasteiger partial charge in [-0.15, -0.1) is 0 Å². The zero-order valence-corrected chi connectivity index (χ0v) is 13.4. The lowest BCUT2D eigenvalue weighted by Gasteiger charge is -2.18. The fourth-order valence-corrected chi connectivity index (χ4v) is 2.77. The molecule has 120 valence electrons. The smallest absolute Gasteiger partial charge is 0.326 e. The van der Waals surface area contributed by atoms with Gasteiger partial charge in [-0.3, -0.25) is 9.59 Å². The third kappa shape index (κ3) is 5.57. The molecule has 2 atom stereocenters. The van der Waals surface area contributed by atoms with Gasteiger partial charge in [0.05, 0.1) is 5.92 Å². The molecule has 0 aromatic heterocycles. The van der Waals surface area contributed by atoms with Crippen molar-refractivity contribution in [2.75, 3.05) is 25.1 Å². The number of likely N-dealkylation sites (tertiary alicyclic amines) is 1. The normalized spacial score (nSPS) is 19.6. The van der Waals surface area contributed by atoms with Crippen LogP contribution in [0.4, 0.5) is 0 Å². The number of nitrogens with one attached hydrogen (secondary N) is 1. The molecule has 1 rings (SSSR count). The van der Waals surface area contributed by atoms with Crippen LogP contribution in [0.3, 0.4) is 0 Å². The van der Waals surface area contributed by atoms with E-state index in [4.69, 9.17) is 5.11 Å². The number of carbonyl (C=O) groups is 3. The first-order valence-electron chi connectivity index (χ1n) is 7.29. The summed E-state index contributed by atoms with van der Waals surface area (Å²) >= 11 is 1.54. The molecule has 1 saturated heterocycles. The Bertz CT molecular complexity index is 389. The van der Waals surface area contributed by atoms with E-state index in [2.05, 4.69) is 5.32 Å². The molecule has 1 aliphatic heterocycles. The molecule has 0 saturated carbocycles. The van der Waals surface area contributed by atoms with Crippen molar-refractivity contribution in [1.29, 1.82) is 0 Å². The van der Waals surface area contributed by atoms with E-state index in [0.717, 1.165) is 12.8 Å². The lowest BCUT2D eigenvalue weighted by molar-refractivity contribution is -0.142. The van der Waals surface area contributed by atoms with Crippen LogP contribution in [-0.2, 0) is 14.4 Å². The van der Waals surface area contributed by atoms with Crippen LogP contribution in [-0.4, -0.2) is 58.9 Å². The summed E-state index contributed by atoms with van der Waals surface area (Å²) in [5.74, 6) is -1.12. The number of aliphatic carboxylic acids is 1. The predicted molar refractivity (Wildman–Crippen MR) is 82.2 cm³/mol. The van der Waals surface area contributed by atoms with E-state index < -0.39 is 17.9 Å². The van der Waals surface area contributed by atoms with Gasteiger partial charge in [0.2, 0.25) is 11.8 Å². The predicted octanol–water partition coefficient (Wildman–Crippen LogP) is 0.957. The number of thioether (sulfide) groups is 1. The van der Waals surface area contributed by atoms with Crippen molar-refractivity contribution in [3.63, 3.8) is 0 Å². The summed E-state index contributed by atoms with van der Waals surface area (Å²) in [4.78, 5) is 36.8. The summed E-state index contributed by atoms with van der Waals surface area (Å²) in [6.45, 7) is 3.13. The summed E-state index contributed by atoms with van der Waals surface area (Å²) in [5, 5.41) is 11.7. The molecule has 0 bridgehead atoms. The van der Waals surface area contributed by atoms with E-state index in [9.17, 15) is 14.4 Å².